The van der Waals surface area contributed by atoms with Gasteiger partial charge >= 0.3 is 0 Å². The minimum atomic E-state index is 0.839. The van der Waals surface area contributed by atoms with Gasteiger partial charge in [-0.3, -0.25) is 0 Å². The zero-order valence-corrected chi connectivity index (χ0v) is 13.0. The molecule has 0 aliphatic heterocycles. The normalized spacial score (nSPS) is 10.5. The van der Waals surface area contributed by atoms with E-state index in [4.69, 9.17) is 0 Å². The molecule has 19 heavy (non-hydrogen) atoms. The van der Waals surface area contributed by atoms with Gasteiger partial charge in [-0.25, -0.2) is 9.97 Å². The summed E-state index contributed by atoms with van der Waals surface area (Å²) in [6, 6.07) is 0. The van der Waals surface area contributed by atoms with Crippen molar-refractivity contribution in [1.29, 1.82) is 0 Å². The molecule has 0 aliphatic rings. The smallest absolute Gasteiger partial charge is 0.208 e. The maximum Gasteiger partial charge on any atom is 0.208 e. The highest BCUT2D eigenvalue weighted by Gasteiger charge is 2.12. The fourth-order valence-electron chi connectivity index (χ4n) is 1.39. The van der Waals surface area contributed by atoms with Gasteiger partial charge in [0.15, 0.2) is 4.34 Å². The average Bonchev–Trinajstić information content (AvgIpc) is 2.83. The summed E-state index contributed by atoms with van der Waals surface area (Å²) in [6.45, 7) is 4.89. The van der Waals surface area contributed by atoms with Crippen LogP contribution in [0.25, 0.3) is 0 Å². The number of anilines is 2. The van der Waals surface area contributed by atoms with Crippen LogP contribution in [0, 0.1) is 6.92 Å². The van der Waals surface area contributed by atoms with Crippen LogP contribution >= 0.6 is 23.1 Å². The van der Waals surface area contributed by atoms with Crippen LogP contribution in [0.5, 0.6) is 0 Å². The Morgan fingerprint density at radius 3 is 2.74 bits per heavy atom. The standard InChI is InChI=1S/C11H16N6S2/c1-5-12-8-7(2)9(14-6-13-8)18-11-16-15-10(19-11)17(3)4/h6H,5H2,1-4H3,(H,12,13,14). The Bertz CT molecular complexity index is 554. The van der Waals surface area contributed by atoms with Crippen molar-refractivity contribution in [1.82, 2.24) is 20.2 Å². The quantitative estimate of drug-likeness (QED) is 0.849. The highest BCUT2D eigenvalue weighted by Crippen LogP contribution is 2.34. The number of aromatic nitrogens is 4. The second-order valence-electron chi connectivity index (χ2n) is 4.03. The molecule has 8 heteroatoms. The Kier molecular flexibility index (Phi) is 4.54. The monoisotopic (exact) mass is 296 g/mol. The molecule has 102 valence electrons. The first-order valence-electron chi connectivity index (χ1n) is 5.86. The molecule has 0 bridgehead atoms. The van der Waals surface area contributed by atoms with Crippen LogP contribution in [0.4, 0.5) is 10.9 Å². The second-order valence-corrected chi connectivity index (χ2v) is 6.22. The summed E-state index contributed by atoms with van der Waals surface area (Å²) >= 11 is 3.07. The maximum absolute atomic E-state index is 4.31. The maximum atomic E-state index is 4.31. The molecule has 0 saturated heterocycles. The van der Waals surface area contributed by atoms with Crippen LogP contribution in [0.3, 0.4) is 0 Å². The van der Waals surface area contributed by atoms with Crippen molar-refractivity contribution < 1.29 is 0 Å². The van der Waals surface area contributed by atoms with Gasteiger partial charge in [0.2, 0.25) is 5.13 Å². The summed E-state index contributed by atoms with van der Waals surface area (Å²) in [5.74, 6) is 0.873. The van der Waals surface area contributed by atoms with Crippen molar-refractivity contribution >= 4 is 34.0 Å². The van der Waals surface area contributed by atoms with E-state index >= 15 is 0 Å². The molecule has 2 heterocycles. The lowest BCUT2D eigenvalue weighted by Gasteiger charge is -2.08. The molecule has 0 fully saturated rings. The molecule has 2 rings (SSSR count). The second kappa shape index (κ2) is 6.16. The Hall–Kier alpha value is -1.41. The largest absolute Gasteiger partial charge is 0.370 e. The molecule has 0 aliphatic carbocycles. The third kappa shape index (κ3) is 3.32. The molecule has 2 aromatic heterocycles. The topological polar surface area (TPSA) is 66.8 Å². The van der Waals surface area contributed by atoms with Crippen molar-refractivity contribution in [3.63, 3.8) is 0 Å². The van der Waals surface area contributed by atoms with Crippen LogP contribution < -0.4 is 10.2 Å². The van der Waals surface area contributed by atoms with E-state index in [2.05, 4.69) is 25.5 Å². The molecular formula is C11H16N6S2. The van der Waals surface area contributed by atoms with Crippen LogP contribution in [-0.2, 0) is 0 Å². The highest BCUT2D eigenvalue weighted by molar-refractivity contribution is 8.01. The van der Waals surface area contributed by atoms with Crippen LogP contribution in [-0.4, -0.2) is 40.8 Å². The summed E-state index contributed by atoms with van der Waals surface area (Å²) in [5.41, 5.74) is 1.04. The lowest BCUT2D eigenvalue weighted by Crippen LogP contribution is -2.07. The van der Waals surface area contributed by atoms with Crippen LogP contribution in [0.2, 0.25) is 0 Å². The van der Waals surface area contributed by atoms with Gasteiger partial charge < -0.3 is 10.2 Å². The summed E-state index contributed by atoms with van der Waals surface area (Å²) in [7, 11) is 3.91. The van der Waals surface area contributed by atoms with Gasteiger partial charge in [0.25, 0.3) is 0 Å². The zero-order chi connectivity index (χ0) is 13.8. The van der Waals surface area contributed by atoms with E-state index in [0.717, 1.165) is 32.4 Å². The SMILES string of the molecule is CCNc1ncnc(Sc2nnc(N(C)C)s2)c1C. The van der Waals surface area contributed by atoms with Gasteiger partial charge in [0.05, 0.1) is 0 Å². The Balaban J connectivity index is 2.20. The predicted octanol–water partition coefficient (Wildman–Crippen LogP) is 2.29. The molecule has 0 atom stereocenters. The fourth-order valence-corrected chi connectivity index (χ4v) is 3.12. The van der Waals surface area contributed by atoms with Crippen LogP contribution in [0.15, 0.2) is 15.7 Å². The van der Waals surface area contributed by atoms with E-state index in [0.29, 0.717) is 0 Å². The van der Waals surface area contributed by atoms with E-state index in [9.17, 15) is 0 Å². The number of hydrogen-bond acceptors (Lipinski definition) is 8. The van der Waals surface area contributed by atoms with Crippen LogP contribution in [0.1, 0.15) is 12.5 Å². The fraction of sp³-hybridized carbons (Fsp3) is 0.455. The van der Waals surface area contributed by atoms with Crippen molar-refractivity contribution in [3.05, 3.63) is 11.9 Å². The van der Waals surface area contributed by atoms with Gasteiger partial charge in [0, 0.05) is 26.2 Å². The predicted molar refractivity (Wildman–Crippen MR) is 79.3 cm³/mol. The van der Waals surface area contributed by atoms with E-state index in [-0.39, 0.29) is 0 Å². The highest BCUT2D eigenvalue weighted by atomic mass is 32.2. The van der Waals surface area contributed by atoms with E-state index in [1.807, 2.05) is 32.8 Å². The van der Waals surface area contributed by atoms with Gasteiger partial charge in [0.1, 0.15) is 17.2 Å². The first kappa shape index (κ1) is 14.0. The molecule has 0 amide bonds. The first-order valence-corrected chi connectivity index (χ1v) is 7.49. The van der Waals surface area contributed by atoms with E-state index in [1.54, 1.807) is 17.7 Å². The van der Waals surface area contributed by atoms with E-state index < -0.39 is 0 Å². The number of rotatable bonds is 5. The van der Waals surface area contributed by atoms with E-state index in [1.165, 1.54) is 11.8 Å². The number of hydrogen-bond donors (Lipinski definition) is 1. The first-order chi connectivity index (χ1) is 9.11. The third-order valence-corrected chi connectivity index (χ3v) is 4.59. The average molecular weight is 296 g/mol. The minimum absolute atomic E-state index is 0.839. The lowest BCUT2D eigenvalue weighted by atomic mass is 10.3. The summed E-state index contributed by atoms with van der Waals surface area (Å²) < 4.78 is 0.882. The van der Waals surface area contributed by atoms with Crippen molar-refractivity contribution in [2.75, 3.05) is 30.9 Å². The molecule has 6 nitrogen and oxygen atoms in total. The zero-order valence-electron chi connectivity index (χ0n) is 11.3. The molecule has 0 spiro atoms. The van der Waals surface area contributed by atoms with Gasteiger partial charge in [-0.1, -0.05) is 11.3 Å². The molecule has 0 radical (unpaired) electrons. The summed E-state index contributed by atoms with van der Waals surface area (Å²) in [5, 5.41) is 13.3. The minimum Gasteiger partial charge on any atom is -0.370 e. The van der Waals surface area contributed by atoms with Crippen molar-refractivity contribution in [3.8, 4) is 0 Å². The summed E-state index contributed by atoms with van der Waals surface area (Å²) in [6.07, 6.45) is 1.57. The molecule has 0 aromatic carbocycles. The Morgan fingerprint density at radius 1 is 1.32 bits per heavy atom. The van der Waals surface area contributed by atoms with Gasteiger partial charge in [-0.15, -0.1) is 10.2 Å². The number of nitrogens with one attached hydrogen (secondary N) is 1. The number of nitrogens with zero attached hydrogens (tertiary/aromatic N) is 5. The Morgan fingerprint density at radius 2 is 2.11 bits per heavy atom. The molecule has 2 aromatic rings. The van der Waals surface area contributed by atoms with Gasteiger partial charge in [-0.2, -0.15) is 0 Å². The van der Waals surface area contributed by atoms with Crippen molar-refractivity contribution in [2.24, 2.45) is 0 Å². The van der Waals surface area contributed by atoms with Crippen molar-refractivity contribution in [2.45, 2.75) is 23.2 Å². The summed E-state index contributed by atoms with van der Waals surface area (Å²) in [4.78, 5) is 10.5. The molecule has 0 saturated carbocycles. The molecular weight excluding hydrogens is 280 g/mol. The van der Waals surface area contributed by atoms with Gasteiger partial charge in [-0.05, 0) is 25.6 Å². The third-order valence-electron chi connectivity index (χ3n) is 2.34. The lowest BCUT2D eigenvalue weighted by molar-refractivity contribution is 0.961. The molecule has 1 N–H and O–H groups in total. The Labute approximate surface area is 120 Å². The molecule has 0 unspecified atom stereocenters.